The predicted octanol–water partition coefficient (Wildman–Crippen LogP) is 3.31. The van der Waals surface area contributed by atoms with Crippen LogP contribution in [0.2, 0.25) is 5.02 Å². The lowest BCUT2D eigenvalue weighted by Crippen LogP contribution is -2.44. The Kier molecular flexibility index (Phi) is 8.16. The summed E-state index contributed by atoms with van der Waals surface area (Å²) in [5.74, 6) is 1.35. The summed E-state index contributed by atoms with van der Waals surface area (Å²) in [5.41, 5.74) is 1.14. The Morgan fingerprint density at radius 3 is 2.59 bits per heavy atom. The van der Waals surface area contributed by atoms with Crippen LogP contribution in [0.4, 0.5) is 0 Å². The van der Waals surface area contributed by atoms with E-state index in [1.165, 1.54) is 0 Å². The molecule has 0 spiro atoms. The SMILES string of the molecule is COc1ccc(C(CNC(=O)CCOc2ccccc2Cl)N2CCOCC2)cc1. The van der Waals surface area contributed by atoms with E-state index in [-0.39, 0.29) is 25.0 Å². The van der Waals surface area contributed by atoms with Gasteiger partial charge in [-0.2, -0.15) is 0 Å². The van der Waals surface area contributed by atoms with E-state index in [1.54, 1.807) is 19.2 Å². The molecule has 1 heterocycles. The molecule has 1 unspecified atom stereocenters. The quantitative estimate of drug-likeness (QED) is 0.677. The fraction of sp³-hybridized carbons (Fsp3) is 0.409. The first-order chi connectivity index (χ1) is 14.2. The number of carbonyl (C=O) groups excluding carboxylic acids is 1. The van der Waals surface area contributed by atoms with Crippen LogP contribution in [0, 0.1) is 0 Å². The van der Waals surface area contributed by atoms with Gasteiger partial charge >= 0.3 is 0 Å². The summed E-state index contributed by atoms with van der Waals surface area (Å²) in [6, 6.07) is 15.3. The summed E-state index contributed by atoms with van der Waals surface area (Å²) < 4.78 is 16.3. The molecule has 1 N–H and O–H groups in total. The lowest BCUT2D eigenvalue weighted by molar-refractivity contribution is -0.121. The average Bonchev–Trinajstić information content (AvgIpc) is 2.76. The van der Waals surface area contributed by atoms with Crippen molar-refractivity contribution in [1.29, 1.82) is 0 Å². The van der Waals surface area contributed by atoms with Crippen molar-refractivity contribution >= 4 is 17.5 Å². The average molecular weight is 419 g/mol. The molecule has 2 aromatic carbocycles. The summed E-state index contributed by atoms with van der Waals surface area (Å²) in [4.78, 5) is 14.7. The Hall–Kier alpha value is -2.28. The topological polar surface area (TPSA) is 60.0 Å². The maximum absolute atomic E-state index is 12.3. The van der Waals surface area contributed by atoms with Crippen molar-refractivity contribution in [2.75, 3.05) is 46.6 Å². The number of methoxy groups -OCH3 is 1. The zero-order valence-corrected chi connectivity index (χ0v) is 17.4. The number of hydrogen-bond donors (Lipinski definition) is 1. The number of morpholine rings is 1. The van der Waals surface area contributed by atoms with Gasteiger partial charge in [-0.15, -0.1) is 0 Å². The summed E-state index contributed by atoms with van der Waals surface area (Å²) in [7, 11) is 1.65. The summed E-state index contributed by atoms with van der Waals surface area (Å²) >= 11 is 6.07. The smallest absolute Gasteiger partial charge is 0.223 e. The second-order valence-electron chi connectivity index (χ2n) is 6.77. The van der Waals surface area contributed by atoms with Crippen LogP contribution in [0.5, 0.6) is 11.5 Å². The molecule has 3 rings (SSSR count). The van der Waals surface area contributed by atoms with Gasteiger partial charge in [0.05, 0.1) is 44.4 Å². The first-order valence-corrected chi connectivity index (χ1v) is 10.1. The van der Waals surface area contributed by atoms with Gasteiger partial charge in [0.15, 0.2) is 0 Å². The first-order valence-electron chi connectivity index (χ1n) is 9.77. The zero-order valence-electron chi connectivity index (χ0n) is 16.6. The van der Waals surface area contributed by atoms with Crippen molar-refractivity contribution in [1.82, 2.24) is 10.2 Å². The lowest BCUT2D eigenvalue weighted by Gasteiger charge is -2.35. The number of ether oxygens (including phenoxy) is 3. The first kappa shape index (κ1) is 21.4. The number of hydrogen-bond acceptors (Lipinski definition) is 5. The molecule has 0 aromatic heterocycles. The van der Waals surface area contributed by atoms with Crippen LogP contribution in [0.25, 0.3) is 0 Å². The van der Waals surface area contributed by atoms with E-state index in [9.17, 15) is 4.79 Å². The molecule has 2 aromatic rings. The third-order valence-electron chi connectivity index (χ3n) is 4.90. The number of nitrogens with zero attached hydrogens (tertiary/aromatic N) is 1. The third-order valence-corrected chi connectivity index (χ3v) is 5.22. The molecule has 0 bridgehead atoms. The van der Waals surface area contributed by atoms with Gasteiger partial charge in [0.25, 0.3) is 0 Å². The molecule has 1 aliphatic heterocycles. The number of rotatable bonds is 9. The number of amides is 1. The Bertz CT molecular complexity index is 779. The van der Waals surface area contributed by atoms with Crippen molar-refractivity contribution in [3.05, 3.63) is 59.1 Å². The molecule has 1 aliphatic rings. The van der Waals surface area contributed by atoms with Gasteiger partial charge in [-0.1, -0.05) is 35.9 Å². The zero-order chi connectivity index (χ0) is 20.5. The molecule has 1 atom stereocenters. The molecular formula is C22H27ClN2O4. The van der Waals surface area contributed by atoms with Crippen molar-refractivity contribution < 1.29 is 19.0 Å². The molecule has 6 nitrogen and oxygen atoms in total. The minimum atomic E-state index is -0.0520. The fourth-order valence-corrected chi connectivity index (χ4v) is 3.48. The maximum Gasteiger partial charge on any atom is 0.223 e. The lowest BCUT2D eigenvalue weighted by atomic mass is 10.0. The highest BCUT2D eigenvalue weighted by molar-refractivity contribution is 6.32. The maximum atomic E-state index is 12.3. The van der Waals surface area contributed by atoms with Gasteiger partial charge in [-0.05, 0) is 29.8 Å². The molecule has 0 radical (unpaired) electrons. The van der Waals surface area contributed by atoms with E-state index in [0.717, 1.165) is 24.4 Å². The highest BCUT2D eigenvalue weighted by Crippen LogP contribution is 2.24. The van der Waals surface area contributed by atoms with E-state index in [2.05, 4.69) is 10.2 Å². The van der Waals surface area contributed by atoms with Crippen molar-refractivity contribution in [3.63, 3.8) is 0 Å². The van der Waals surface area contributed by atoms with Crippen LogP contribution in [-0.2, 0) is 9.53 Å². The van der Waals surface area contributed by atoms with Crippen LogP contribution >= 0.6 is 11.6 Å². The molecule has 1 amide bonds. The van der Waals surface area contributed by atoms with Gasteiger partial charge in [-0.25, -0.2) is 0 Å². The van der Waals surface area contributed by atoms with Gasteiger partial charge < -0.3 is 19.5 Å². The Morgan fingerprint density at radius 1 is 1.17 bits per heavy atom. The monoisotopic (exact) mass is 418 g/mol. The minimum Gasteiger partial charge on any atom is -0.497 e. The number of benzene rings is 2. The van der Waals surface area contributed by atoms with Gasteiger partial charge in [0.1, 0.15) is 11.5 Å². The van der Waals surface area contributed by atoms with Crippen molar-refractivity contribution in [2.45, 2.75) is 12.5 Å². The highest BCUT2D eigenvalue weighted by Gasteiger charge is 2.23. The van der Waals surface area contributed by atoms with Gasteiger partial charge in [0.2, 0.25) is 5.91 Å². The summed E-state index contributed by atoms with van der Waals surface area (Å²) in [6.07, 6.45) is 0.268. The Morgan fingerprint density at radius 2 is 1.90 bits per heavy atom. The second-order valence-corrected chi connectivity index (χ2v) is 7.18. The van der Waals surface area contributed by atoms with Gasteiger partial charge in [0, 0.05) is 19.6 Å². The molecule has 0 saturated carbocycles. The molecule has 1 fully saturated rings. The molecule has 156 valence electrons. The van der Waals surface area contributed by atoms with Crippen LogP contribution in [0.1, 0.15) is 18.0 Å². The standard InChI is InChI=1S/C22H27ClN2O4/c1-27-18-8-6-17(7-9-18)20(25-11-14-28-15-12-25)16-24-22(26)10-13-29-21-5-3-2-4-19(21)23/h2-9,20H,10-16H2,1H3,(H,24,26). The Labute approximate surface area is 176 Å². The molecule has 29 heavy (non-hydrogen) atoms. The van der Waals surface area contributed by atoms with E-state index in [0.29, 0.717) is 30.5 Å². The van der Waals surface area contributed by atoms with Crippen LogP contribution < -0.4 is 14.8 Å². The predicted molar refractivity (Wildman–Crippen MR) is 113 cm³/mol. The normalized spacial score (nSPS) is 15.5. The third kappa shape index (κ3) is 6.35. The second kappa shape index (κ2) is 11.0. The van der Waals surface area contributed by atoms with E-state index < -0.39 is 0 Å². The van der Waals surface area contributed by atoms with Crippen molar-refractivity contribution in [2.24, 2.45) is 0 Å². The summed E-state index contributed by atoms with van der Waals surface area (Å²) in [5, 5.41) is 3.58. The molecule has 1 saturated heterocycles. The van der Waals surface area contributed by atoms with Crippen LogP contribution in [0.3, 0.4) is 0 Å². The van der Waals surface area contributed by atoms with E-state index in [1.807, 2.05) is 36.4 Å². The minimum absolute atomic E-state index is 0.0520. The number of halogens is 1. The largest absolute Gasteiger partial charge is 0.497 e. The number of nitrogens with one attached hydrogen (secondary N) is 1. The fourth-order valence-electron chi connectivity index (χ4n) is 3.29. The molecule has 7 heteroatoms. The van der Waals surface area contributed by atoms with Crippen molar-refractivity contribution in [3.8, 4) is 11.5 Å². The highest BCUT2D eigenvalue weighted by atomic mass is 35.5. The Balaban J connectivity index is 1.54. The van der Waals surface area contributed by atoms with Gasteiger partial charge in [-0.3, -0.25) is 9.69 Å². The van der Waals surface area contributed by atoms with Crippen LogP contribution in [-0.4, -0.2) is 57.4 Å². The number of para-hydroxylation sites is 1. The van der Waals surface area contributed by atoms with Crippen LogP contribution in [0.15, 0.2) is 48.5 Å². The number of carbonyl (C=O) groups is 1. The molecular weight excluding hydrogens is 392 g/mol. The van der Waals surface area contributed by atoms with E-state index >= 15 is 0 Å². The summed E-state index contributed by atoms with van der Waals surface area (Å²) in [6.45, 7) is 3.88. The molecule has 0 aliphatic carbocycles. The van der Waals surface area contributed by atoms with E-state index in [4.69, 9.17) is 25.8 Å².